The molecule has 0 radical (unpaired) electrons. The molecular formula is C20H21N3O3. The summed E-state index contributed by atoms with van der Waals surface area (Å²) in [5.41, 5.74) is 3.50. The van der Waals surface area contributed by atoms with Gasteiger partial charge in [-0.1, -0.05) is 36.4 Å². The van der Waals surface area contributed by atoms with E-state index in [1.807, 2.05) is 42.5 Å². The number of nitrogens with one attached hydrogen (secondary N) is 2. The molecule has 2 aromatic carbocycles. The Morgan fingerprint density at radius 2 is 1.88 bits per heavy atom. The van der Waals surface area contributed by atoms with Crippen LogP contribution in [0.25, 0.3) is 11.1 Å². The van der Waals surface area contributed by atoms with Crippen molar-refractivity contribution >= 4 is 11.8 Å². The highest BCUT2D eigenvalue weighted by Gasteiger charge is 2.18. The molecule has 134 valence electrons. The van der Waals surface area contributed by atoms with Crippen molar-refractivity contribution in [3.05, 3.63) is 59.7 Å². The molecule has 0 heterocycles. The van der Waals surface area contributed by atoms with E-state index >= 15 is 0 Å². The fourth-order valence-corrected chi connectivity index (χ4v) is 2.49. The predicted molar refractivity (Wildman–Crippen MR) is 97.9 cm³/mol. The van der Waals surface area contributed by atoms with Gasteiger partial charge in [0.15, 0.2) is 0 Å². The smallest absolute Gasteiger partial charge is 0.245 e. The van der Waals surface area contributed by atoms with E-state index < -0.39 is 6.04 Å². The van der Waals surface area contributed by atoms with Gasteiger partial charge < -0.3 is 15.4 Å². The SMILES string of the molecule is COC[C@@H](NC(C)=O)C(=O)NCc1ccc(-c2cccc(C#N)c2)cc1. The molecule has 0 bridgehead atoms. The fraction of sp³-hybridized carbons (Fsp3) is 0.250. The fourth-order valence-electron chi connectivity index (χ4n) is 2.49. The second kappa shape index (κ2) is 9.35. The first-order valence-electron chi connectivity index (χ1n) is 8.16. The molecule has 0 aliphatic carbocycles. The molecule has 0 aliphatic heterocycles. The minimum absolute atomic E-state index is 0.111. The van der Waals surface area contributed by atoms with Gasteiger partial charge in [-0.25, -0.2) is 0 Å². The molecule has 0 unspecified atom stereocenters. The Kier molecular flexibility index (Phi) is 6.89. The van der Waals surface area contributed by atoms with Crippen molar-refractivity contribution in [1.29, 1.82) is 5.26 Å². The molecule has 0 fully saturated rings. The lowest BCUT2D eigenvalue weighted by molar-refractivity contribution is -0.129. The minimum Gasteiger partial charge on any atom is -0.382 e. The molecular weight excluding hydrogens is 330 g/mol. The van der Waals surface area contributed by atoms with Crippen LogP contribution in [0.2, 0.25) is 0 Å². The summed E-state index contributed by atoms with van der Waals surface area (Å²) in [7, 11) is 1.47. The van der Waals surface area contributed by atoms with E-state index in [1.54, 1.807) is 6.07 Å². The maximum Gasteiger partial charge on any atom is 0.245 e. The first-order chi connectivity index (χ1) is 12.5. The Morgan fingerprint density at radius 1 is 1.15 bits per heavy atom. The normalized spacial score (nSPS) is 11.3. The quantitative estimate of drug-likeness (QED) is 0.798. The number of carbonyl (C=O) groups is 2. The van der Waals surface area contributed by atoms with Crippen molar-refractivity contribution in [2.75, 3.05) is 13.7 Å². The molecule has 1 atom stereocenters. The van der Waals surface area contributed by atoms with Gasteiger partial charge in [-0.05, 0) is 28.8 Å². The largest absolute Gasteiger partial charge is 0.382 e. The number of rotatable bonds is 7. The molecule has 26 heavy (non-hydrogen) atoms. The average Bonchev–Trinajstić information content (AvgIpc) is 2.66. The molecule has 0 saturated heterocycles. The summed E-state index contributed by atoms with van der Waals surface area (Å²) < 4.78 is 4.96. The first kappa shape index (κ1) is 19.2. The van der Waals surface area contributed by atoms with Crippen molar-refractivity contribution in [3.63, 3.8) is 0 Å². The van der Waals surface area contributed by atoms with E-state index in [0.29, 0.717) is 12.1 Å². The third kappa shape index (κ3) is 5.43. The standard InChI is InChI=1S/C20H21N3O3/c1-14(24)23-19(13-26-2)20(25)22-12-15-6-8-17(9-7-15)18-5-3-4-16(10-18)11-21/h3-10,19H,12-13H2,1-2H3,(H,22,25)(H,23,24)/t19-/m1/s1. The molecule has 2 aromatic rings. The van der Waals surface area contributed by atoms with Crippen LogP contribution in [-0.2, 0) is 20.9 Å². The first-order valence-corrected chi connectivity index (χ1v) is 8.16. The van der Waals surface area contributed by atoms with Crippen LogP contribution in [0.15, 0.2) is 48.5 Å². The number of ether oxygens (including phenoxy) is 1. The van der Waals surface area contributed by atoms with Gasteiger partial charge in [-0.15, -0.1) is 0 Å². The number of hydrogen-bond donors (Lipinski definition) is 2. The maximum atomic E-state index is 12.2. The number of benzene rings is 2. The van der Waals surface area contributed by atoms with Crippen LogP contribution >= 0.6 is 0 Å². The number of methoxy groups -OCH3 is 1. The van der Waals surface area contributed by atoms with Crippen LogP contribution in [0.3, 0.4) is 0 Å². The number of hydrogen-bond acceptors (Lipinski definition) is 4. The van der Waals surface area contributed by atoms with Gasteiger partial charge in [0.1, 0.15) is 6.04 Å². The van der Waals surface area contributed by atoms with Gasteiger partial charge in [-0.2, -0.15) is 5.26 Å². The topological polar surface area (TPSA) is 91.2 Å². The lowest BCUT2D eigenvalue weighted by atomic mass is 10.0. The van der Waals surface area contributed by atoms with Crippen LogP contribution in [0.5, 0.6) is 0 Å². The summed E-state index contributed by atoms with van der Waals surface area (Å²) in [4.78, 5) is 23.3. The maximum absolute atomic E-state index is 12.2. The second-order valence-corrected chi connectivity index (χ2v) is 5.82. The van der Waals surface area contributed by atoms with Crippen LogP contribution in [-0.4, -0.2) is 31.6 Å². The van der Waals surface area contributed by atoms with E-state index in [9.17, 15) is 9.59 Å². The van der Waals surface area contributed by atoms with Gasteiger partial charge in [0.25, 0.3) is 0 Å². The average molecular weight is 351 g/mol. The van der Waals surface area contributed by atoms with Gasteiger partial charge in [-0.3, -0.25) is 9.59 Å². The summed E-state index contributed by atoms with van der Waals surface area (Å²) in [6.45, 7) is 1.81. The molecule has 0 spiro atoms. The Bertz CT molecular complexity index is 810. The van der Waals surface area contributed by atoms with E-state index in [1.165, 1.54) is 14.0 Å². The van der Waals surface area contributed by atoms with Crippen molar-refractivity contribution in [3.8, 4) is 17.2 Å². The summed E-state index contributed by atoms with van der Waals surface area (Å²) in [6, 6.07) is 16.5. The van der Waals surface area contributed by atoms with E-state index in [4.69, 9.17) is 10.00 Å². The van der Waals surface area contributed by atoms with E-state index in [2.05, 4.69) is 16.7 Å². The third-order valence-corrected chi connectivity index (χ3v) is 3.77. The van der Waals surface area contributed by atoms with Crippen molar-refractivity contribution in [2.45, 2.75) is 19.5 Å². The zero-order chi connectivity index (χ0) is 18.9. The minimum atomic E-state index is -0.717. The summed E-state index contributed by atoms with van der Waals surface area (Å²) in [6.07, 6.45) is 0. The molecule has 0 aliphatic rings. The third-order valence-electron chi connectivity index (χ3n) is 3.77. The van der Waals surface area contributed by atoms with Crippen LogP contribution in [0, 0.1) is 11.3 Å². The number of amides is 2. The van der Waals surface area contributed by atoms with E-state index in [-0.39, 0.29) is 18.4 Å². The highest BCUT2D eigenvalue weighted by molar-refractivity contribution is 5.86. The molecule has 6 nitrogen and oxygen atoms in total. The monoisotopic (exact) mass is 351 g/mol. The van der Waals surface area contributed by atoms with Crippen LogP contribution in [0.4, 0.5) is 0 Å². The molecule has 2 amide bonds. The Morgan fingerprint density at radius 3 is 2.50 bits per heavy atom. The molecule has 0 aromatic heterocycles. The molecule has 2 rings (SSSR count). The van der Waals surface area contributed by atoms with Crippen molar-refractivity contribution in [2.24, 2.45) is 0 Å². The summed E-state index contributed by atoms with van der Waals surface area (Å²) >= 11 is 0. The van der Waals surface area contributed by atoms with Gasteiger partial charge in [0.2, 0.25) is 11.8 Å². The highest BCUT2D eigenvalue weighted by atomic mass is 16.5. The zero-order valence-electron chi connectivity index (χ0n) is 14.8. The van der Waals surface area contributed by atoms with Gasteiger partial charge >= 0.3 is 0 Å². The van der Waals surface area contributed by atoms with Crippen LogP contribution in [0.1, 0.15) is 18.1 Å². The predicted octanol–water partition coefficient (Wildman–Crippen LogP) is 1.99. The van der Waals surface area contributed by atoms with Crippen molar-refractivity contribution < 1.29 is 14.3 Å². The highest BCUT2D eigenvalue weighted by Crippen LogP contribution is 2.20. The molecule has 2 N–H and O–H groups in total. The molecule has 6 heteroatoms. The zero-order valence-corrected chi connectivity index (χ0v) is 14.8. The second-order valence-electron chi connectivity index (χ2n) is 5.82. The Hall–Kier alpha value is -3.17. The van der Waals surface area contributed by atoms with Crippen molar-refractivity contribution in [1.82, 2.24) is 10.6 Å². The van der Waals surface area contributed by atoms with Gasteiger partial charge in [0, 0.05) is 20.6 Å². The van der Waals surface area contributed by atoms with Crippen LogP contribution < -0.4 is 10.6 Å². The molecule has 0 saturated carbocycles. The Balaban J connectivity index is 1.99. The summed E-state index contributed by atoms with van der Waals surface area (Å²) in [5.74, 6) is -0.584. The number of nitrogens with zero attached hydrogens (tertiary/aromatic N) is 1. The lowest BCUT2D eigenvalue weighted by Crippen LogP contribution is -2.48. The Labute approximate surface area is 152 Å². The lowest BCUT2D eigenvalue weighted by Gasteiger charge is -2.16. The van der Waals surface area contributed by atoms with E-state index in [0.717, 1.165) is 16.7 Å². The number of carbonyl (C=O) groups excluding carboxylic acids is 2. The van der Waals surface area contributed by atoms with Gasteiger partial charge in [0.05, 0.1) is 18.2 Å². The summed E-state index contributed by atoms with van der Waals surface area (Å²) in [5, 5.41) is 14.3. The number of nitriles is 1.